The third kappa shape index (κ3) is 2.40. The van der Waals surface area contributed by atoms with Crippen LogP contribution >= 0.6 is 0 Å². The SMILES string of the molecule is CC(=O)OCC1C(=O)N(c2ccccc2)N=C1C. The number of hydrogen-bond acceptors (Lipinski definition) is 4. The summed E-state index contributed by atoms with van der Waals surface area (Å²) < 4.78 is 4.88. The highest BCUT2D eigenvalue weighted by Crippen LogP contribution is 2.23. The maximum absolute atomic E-state index is 12.1. The van der Waals surface area contributed by atoms with E-state index < -0.39 is 11.9 Å². The van der Waals surface area contributed by atoms with Gasteiger partial charge in [-0.2, -0.15) is 5.10 Å². The fraction of sp³-hybridized carbons (Fsp3) is 0.308. The molecule has 1 aromatic carbocycles. The van der Waals surface area contributed by atoms with Crippen LogP contribution in [0.1, 0.15) is 13.8 Å². The van der Waals surface area contributed by atoms with E-state index in [1.807, 2.05) is 30.3 Å². The summed E-state index contributed by atoms with van der Waals surface area (Å²) in [6.45, 7) is 3.13. The highest BCUT2D eigenvalue weighted by Gasteiger charge is 2.35. The quantitative estimate of drug-likeness (QED) is 0.761. The molecule has 0 aliphatic carbocycles. The zero-order valence-electron chi connectivity index (χ0n) is 10.3. The minimum atomic E-state index is -0.478. The number of hydrazone groups is 1. The lowest BCUT2D eigenvalue weighted by Gasteiger charge is -2.13. The number of rotatable bonds is 3. The van der Waals surface area contributed by atoms with E-state index in [-0.39, 0.29) is 12.5 Å². The number of ether oxygens (including phenoxy) is 1. The summed E-state index contributed by atoms with van der Waals surface area (Å²) in [4.78, 5) is 22.9. The van der Waals surface area contributed by atoms with Crippen molar-refractivity contribution in [1.29, 1.82) is 0 Å². The molecule has 1 aliphatic rings. The maximum Gasteiger partial charge on any atom is 0.302 e. The fourth-order valence-electron chi connectivity index (χ4n) is 1.75. The number of esters is 1. The number of para-hydroxylation sites is 1. The zero-order chi connectivity index (χ0) is 13.1. The van der Waals surface area contributed by atoms with Crippen molar-refractivity contribution < 1.29 is 14.3 Å². The van der Waals surface area contributed by atoms with Gasteiger partial charge in [-0.25, -0.2) is 5.01 Å². The number of amides is 1. The minimum Gasteiger partial charge on any atom is -0.465 e. The first kappa shape index (κ1) is 12.3. The van der Waals surface area contributed by atoms with Crippen molar-refractivity contribution in [3.63, 3.8) is 0 Å². The first-order valence-corrected chi connectivity index (χ1v) is 5.67. The van der Waals surface area contributed by atoms with Crippen molar-refractivity contribution in [1.82, 2.24) is 0 Å². The molecule has 18 heavy (non-hydrogen) atoms. The van der Waals surface area contributed by atoms with E-state index in [9.17, 15) is 9.59 Å². The molecule has 0 saturated heterocycles. The highest BCUT2D eigenvalue weighted by atomic mass is 16.5. The lowest BCUT2D eigenvalue weighted by Crippen LogP contribution is -2.30. The first-order chi connectivity index (χ1) is 8.59. The molecule has 0 bridgehead atoms. The minimum absolute atomic E-state index is 0.0484. The van der Waals surface area contributed by atoms with Crippen molar-refractivity contribution in [2.45, 2.75) is 13.8 Å². The second-order valence-electron chi connectivity index (χ2n) is 4.08. The van der Waals surface area contributed by atoms with E-state index in [0.717, 1.165) is 0 Å². The van der Waals surface area contributed by atoms with Gasteiger partial charge in [-0.15, -0.1) is 0 Å². The van der Waals surface area contributed by atoms with Crippen LogP contribution in [-0.4, -0.2) is 24.2 Å². The second-order valence-corrected chi connectivity index (χ2v) is 4.08. The maximum atomic E-state index is 12.1. The topological polar surface area (TPSA) is 59.0 Å². The Morgan fingerprint density at radius 1 is 1.39 bits per heavy atom. The number of nitrogens with zero attached hydrogens (tertiary/aromatic N) is 2. The lowest BCUT2D eigenvalue weighted by molar-refractivity contribution is -0.142. The van der Waals surface area contributed by atoms with Gasteiger partial charge in [0.25, 0.3) is 5.91 Å². The van der Waals surface area contributed by atoms with E-state index in [0.29, 0.717) is 11.4 Å². The molecule has 1 amide bonds. The third-order valence-electron chi connectivity index (χ3n) is 2.72. The molecule has 0 radical (unpaired) electrons. The standard InChI is InChI=1S/C13H14N2O3/c1-9-12(8-18-10(2)16)13(17)15(14-9)11-6-4-3-5-7-11/h3-7,12H,8H2,1-2H3. The van der Waals surface area contributed by atoms with Crippen LogP contribution in [-0.2, 0) is 14.3 Å². The smallest absolute Gasteiger partial charge is 0.302 e. The summed E-state index contributed by atoms with van der Waals surface area (Å²) in [5.41, 5.74) is 1.37. The molecule has 2 rings (SSSR count). The number of hydrogen-bond donors (Lipinski definition) is 0. The molecule has 1 unspecified atom stereocenters. The first-order valence-electron chi connectivity index (χ1n) is 5.67. The molecular formula is C13H14N2O3. The molecule has 0 fully saturated rings. The van der Waals surface area contributed by atoms with Gasteiger partial charge in [0.2, 0.25) is 0 Å². The average molecular weight is 246 g/mol. The largest absolute Gasteiger partial charge is 0.465 e. The van der Waals surface area contributed by atoms with Gasteiger partial charge in [-0.05, 0) is 19.1 Å². The monoisotopic (exact) mass is 246 g/mol. The summed E-state index contributed by atoms with van der Waals surface area (Å²) in [7, 11) is 0. The van der Waals surface area contributed by atoms with Gasteiger partial charge in [0, 0.05) is 6.92 Å². The van der Waals surface area contributed by atoms with Crippen LogP contribution in [0.25, 0.3) is 0 Å². The van der Waals surface area contributed by atoms with E-state index in [2.05, 4.69) is 5.10 Å². The summed E-state index contributed by atoms with van der Waals surface area (Å²) in [6, 6.07) is 9.17. The molecular weight excluding hydrogens is 232 g/mol. The molecule has 1 heterocycles. The number of benzene rings is 1. The molecule has 5 heteroatoms. The van der Waals surface area contributed by atoms with Crippen LogP contribution in [0.3, 0.4) is 0 Å². The van der Waals surface area contributed by atoms with Gasteiger partial charge in [0.1, 0.15) is 12.5 Å². The van der Waals surface area contributed by atoms with Crippen LogP contribution in [0.4, 0.5) is 5.69 Å². The Morgan fingerprint density at radius 3 is 2.67 bits per heavy atom. The predicted molar refractivity (Wildman–Crippen MR) is 67.2 cm³/mol. The zero-order valence-corrected chi connectivity index (χ0v) is 10.3. The third-order valence-corrected chi connectivity index (χ3v) is 2.72. The lowest BCUT2D eigenvalue weighted by atomic mass is 10.1. The van der Waals surface area contributed by atoms with Crippen LogP contribution in [0, 0.1) is 5.92 Å². The molecule has 1 atom stereocenters. The highest BCUT2D eigenvalue weighted by molar-refractivity contribution is 6.14. The van der Waals surface area contributed by atoms with Gasteiger partial charge in [-0.3, -0.25) is 9.59 Å². The van der Waals surface area contributed by atoms with Gasteiger partial charge >= 0.3 is 5.97 Å². The molecule has 0 spiro atoms. The van der Waals surface area contributed by atoms with E-state index in [1.165, 1.54) is 11.9 Å². The Hall–Kier alpha value is -2.17. The fourth-order valence-corrected chi connectivity index (χ4v) is 1.75. The van der Waals surface area contributed by atoms with Crippen LogP contribution < -0.4 is 5.01 Å². The predicted octanol–water partition coefficient (Wildman–Crippen LogP) is 1.59. The molecule has 94 valence electrons. The van der Waals surface area contributed by atoms with Gasteiger partial charge in [-0.1, -0.05) is 18.2 Å². The molecule has 0 N–H and O–H groups in total. The summed E-state index contributed by atoms with van der Waals surface area (Å²) in [5.74, 6) is -1.04. The van der Waals surface area contributed by atoms with Crippen molar-refractivity contribution in [3.8, 4) is 0 Å². The van der Waals surface area contributed by atoms with Gasteiger partial charge < -0.3 is 4.74 Å². The Morgan fingerprint density at radius 2 is 2.06 bits per heavy atom. The van der Waals surface area contributed by atoms with Gasteiger partial charge in [0.15, 0.2) is 0 Å². The van der Waals surface area contributed by atoms with E-state index >= 15 is 0 Å². The molecule has 1 aromatic rings. The molecule has 0 saturated carbocycles. The van der Waals surface area contributed by atoms with Crippen molar-refractivity contribution >= 4 is 23.3 Å². The van der Waals surface area contributed by atoms with Gasteiger partial charge in [0.05, 0.1) is 11.4 Å². The number of carbonyl (C=O) groups excluding carboxylic acids is 2. The number of anilines is 1. The van der Waals surface area contributed by atoms with Crippen LogP contribution in [0.2, 0.25) is 0 Å². The Labute approximate surface area is 105 Å². The van der Waals surface area contributed by atoms with Crippen molar-refractivity contribution in [2.24, 2.45) is 11.0 Å². The molecule has 1 aliphatic heterocycles. The van der Waals surface area contributed by atoms with Crippen LogP contribution in [0.15, 0.2) is 35.4 Å². The Kier molecular flexibility index (Phi) is 3.41. The normalized spacial score (nSPS) is 18.8. The van der Waals surface area contributed by atoms with E-state index in [1.54, 1.807) is 6.92 Å². The Bertz CT molecular complexity index is 496. The van der Waals surface area contributed by atoms with Crippen molar-refractivity contribution in [3.05, 3.63) is 30.3 Å². The summed E-state index contributed by atoms with van der Waals surface area (Å²) in [6.07, 6.45) is 0. The average Bonchev–Trinajstić information content (AvgIpc) is 2.63. The molecule has 5 nitrogen and oxygen atoms in total. The number of carbonyl (C=O) groups is 2. The van der Waals surface area contributed by atoms with Crippen molar-refractivity contribution in [2.75, 3.05) is 11.6 Å². The van der Waals surface area contributed by atoms with E-state index in [4.69, 9.17) is 4.74 Å². The summed E-state index contributed by atoms with van der Waals surface area (Å²) in [5, 5.41) is 5.56. The van der Waals surface area contributed by atoms with Crippen LogP contribution in [0.5, 0.6) is 0 Å². The Balaban J connectivity index is 2.14. The summed E-state index contributed by atoms with van der Waals surface area (Å²) >= 11 is 0. The molecule has 0 aromatic heterocycles. The second kappa shape index (κ2) is 5.00.